The molecule has 1 amide bonds. The quantitative estimate of drug-likeness (QED) is 0.836. The molecule has 2 saturated heterocycles. The molecule has 1 aromatic rings. The lowest BCUT2D eigenvalue weighted by Crippen LogP contribution is -2.47. The van der Waals surface area contributed by atoms with Crippen LogP contribution in [0.3, 0.4) is 0 Å². The Balaban J connectivity index is 1.86. The Labute approximate surface area is 119 Å². The van der Waals surface area contributed by atoms with E-state index < -0.39 is 36.1 Å². The van der Waals surface area contributed by atoms with E-state index in [1.165, 1.54) is 19.4 Å². The molecule has 2 aliphatic rings. The molecule has 8 heteroatoms. The number of amides is 1. The molecule has 2 fully saturated rings. The highest BCUT2D eigenvalue weighted by atomic mass is 19.4. The lowest BCUT2D eigenvalue weighted by atomic mass is 9.78. The number of hydrogen-bond donors (Lipinski definition) is 0. The van der Waals surface area contributed by atoms with E-state index in [-0.39, 0.29) is 5.95 Å². The summed E-state index contributed by atoms with van der Waals surface area (Å²) in [5.41, 5.74) is 0. The summed E-state index contributed by atoms with van der Waals surface area (Å²) in [4.78, 5) is 21.3. The summed E-state index contributed by atoms with van der Waals surface area (Å²) >= 11 is 0. The van der Waals surface area contributed by atoms with Crippen LogP contribution in [0.25, 0.3) is 0 Å². The van der Waals surface area contributed by atoms with Crippen molar-refractivity contribution in [1.29, 1.82) is 0 Å². The molecular formula is C13H14F3N3O2. The van der Waals surface area contributed by atoms with Crippen molar-refractivity contribution in [3.8, 4) is 0 Å². The van der Waals surface area contributed by atoms with Crippen molar-refractivity contribution in [1.82, 2.24) is 9.97 Å². The summed E-state index contributed by atoms with van der Waals surface area (Å²) in [5, 5.41) is 0. The third kappa shape index (κ3) is 2.37. The van der Waals surface area contributed by atoms with Gasteiger partial charge in [0, 0.05) is 19.4 Å². The number of ether oxygens (including phenoxy) is 1. The smallest absolute Gasteiger partial charge is 0.373 e. The highest BCUT2D eigenvalue weighted by Crippen LogP contribution is 2.51. The molecule has 0 spiro atoms. The van der Waals surface area contributed by atoms with E-state index >= 15 is 0 Å². The Morgan fingerprint density at radius 2 is 1.90 bits per heavy atom. The molecule has 2 aliphatic heterocycles. The molecule has 4 atom stereocenters. The van der Waals surface area contributed by atoms with Crippen LogP contribution in [0.1, 0.15) is 12.8 Å². The summed E-state index contributed by atoms with van der Waals surface area (Å²) in [6, 6.07) is 1.57. The molecule has 5 nitrogen and oxygen atoms in total. The van der Waals surface area contributed by atoms with Crippen LogP contribution in [0.4, 0.5) is 19.1 Å². The highest BCUT2D eigenvalue weighted by Gasteiger charge is 2.63. The van der Waals surface area contributed by atoms with E-state index in [9.17, 15) is 18.0 Å². The molecule has 0 aromatic carbocycles. The number of anilines is 1. The van der Waals surface area contributed by atoms with Gasteiger partial charge in [0.25, 0.3) is 0 Å². The van der Waals surface area contributed by atoms with E-state index in [2.05, 4.69) is 9.97 Å². The number of hydrogen-bond acceptors (Lipinski definition) is 4. The molecular weight excluding hydrogens is 287 g/mol. The Hall–Kier alpha value is -1.70. The normalized spacial score (nSPS) is 31.4. The van der Waals surface area contributed by atoms with Crippen LogP contribution in [-0.2, 0) is 9.53 Å². The van der Waals surface area contributed by atoms with Gasteiger partial charge >= 0.3 is 6.18 Å². The van der Waals surface area contributed by atoms with Crippen LogP contribution in [-0.4, -0.2) is 41.3 Å². The molecule has 21 heavy (non-hydrogen) atoms. The summed E-state index contributed by atoms with van der Waals surface area (Å²) in [5.74, 6) is -3.51. The van der Waals surface area contributed by atoms with Gasteiger partial charge in [0.05, 0.1) is 24.0 Å². The molecule has 3 rings (SSSR count). The first-order valence-electron chi connectivity index (χ1n) is 6.66. The largest absolute Gasteiger partial charge is 0.395 e. The van der Waals surface area contributed by atoms with Gasteiger partial charge in [-0.15, -0.1) is 0 Å². The molecule has 0 saturated carbocycles. The zero-order valence-corrected chi connectivity index (χ0v) is 11.2. The van der Waals surface area contributed by atoms with Gasteiger partial charge in [0.1, 0.15) is 0 Å². The second kappa shape index (κ2) is 4.94. The number of fused-ring (bicyclic) bond motifs is 2. The summed E-state index contributed by atoms with van der Waals surface area (Å²) < 4.78 is 45.0. The lowest BCUT2D eigenvalue weighted by molar-refractivity contribution is -0.196. The van der Waals surface area contributed by atoms with Gasteiger partial charge in [-0.3, -0.25) is 9.69 Å². The SMILES string of the molecule is CN(C(=O)C1C2CCC(O2)C1C(F)(F)F)c1ncccn1. The fourth-order valence-corrected chi connectivity index (χ4v) is 3.19. The van der Waals surface area contributed by atoms with Gasteiger partial charge in [-0.25, -0.2) is 9.97 Å². The van der Waals surface area contributed by atoms with Gasteiger partial charge < -0.3 is 4.74 Å². The Bertz CT molecular complexity index is 537. The zero-order chi connectivity index (χ0) is 15.2. The van der Waals surface area contributed by atoms with E-state index in [1.54, 1.807) is 6.07 Å². The zero-order valence-electron chi connectivity index (χ0n) is 11.2. The van der Waals surface area contributed by atoms with Gasteiger partial charge in [0.15, 0.2) is 0 Å². The van der Waals surface area contributed by atoms with Crippen molar-refractivity contribution >= 4 is 11.9 Å². The maximum Gasteiger partial charge on any atom is 0.395 e. The second-order valence-electron chi connectivity index (χ2n) is 5.33. The third-order valence-electron chi connectivity index (χ3n) is 4.12. The molecule has 1 aromatic heterocycles. The fraction of sp³-hybridized carbons (Fsp3) is 0.615. The van der Waals surface area contributed by atoms with Crippen LogP contribution in [0.2, 0.25) is 0 Å². The summed E-state index contributed by atoms with van der Waals surface area (Å²) in [6.07, 6.45) is -2.32. The first-order chi connectivity index (χ1) is 9.89. The van der Waals surface area contributed by atoms with Crippen molar-refractivity contribution in [3.05, 3.63) is 18.5 Å². The number of carbonyl (C=O) groups excluding carboxylic acids is 1. The molecule has 0 N–H and O–H groups in total. The monoisotopic (exact) mass is 301 g/mol. The fourth-order valence-electron chi connectivity index (χ4n) is 3.19. The third-order valence-corrected chi connectivity index (χ3v) is 4.12. The maximum absolute atomic E-state index is 13.2. The minimum atomic E-state index is -4.45. The van der Waals surface area contributed by atoms with Gasteiger partial charge in [-0.1, -0.05) is 0 Å². The van der Waals surface area contributed by atoms with Crippen LogP contribution in [0.5, 0.6) is 0 Å². The predicted octanol–water partition coefficient (Wildman–Crippen LogP) is 1.80. The highest BCUT2D eigenvalue weighted by molar-refractivity contribution is 5.93. The Morgan fingerprint density at radius 1 is 1.29 bits per heavy atom. The van der Waals surface area contributed by atoms with Gasteiger partial charge in [-0.05, 0) is 18.9 Å². The predicted molar refractivity (Wildman–Crippen MR) is 66.4 cm³/mol. The first-order valence-corrected chi connectivity index (χ1v) is 6.66. The maximum atomic E-state index is 13.2. The van der Waals surface area contributed by atoms with Crippen LogP contribution >= 0.6 is 0 Å². The molecule has 0 aliphatic carbocycles. The standard InChI is InChI=1S/C13H14F3N3O2/c1-19(12-17-5-2-6-18-12)11(20)9-7-3-4-8(21-7)10(9)13(14,15)16/h2,5-10H,3-4H2,1H3. The average molecular weight is 301 g/mol. The van der Waals surface area contributed by atoms with E-state index in [0.29, 0.717) is 12.8 Å². The molecule has 3 heterocycles. The van der Waals surface area contributed by atoms with Crippen LogP contribution < -0.4 is 4.90 Å². The summed E-state index contributed by atoms with van der Waals surface area (Å²) in [6.45, 7) is 0. The molecule has 114 valence electrons. The molecule has 4 unspecified atom stereocenters. The van der Waals surface area contributed by atoms with Crippen molar-refractivity contribution in [2.45, 2.75) is 31.2 Å². The van der Waals surface area contributed by atoms with Crippen LogP contribution in [0, 0.1) is 11.8 Å². The second-order valence-corrected chi connectivity index (χ2v) is 5.33. The summed E-state index contributed by atoms with van der Waals surface area (Å²) in [7, 11) is 1.39. The van der Waals surface area contributed by atoms with Crippen molar-refractivity contribution < 1.29 is 22.7 Å². The topological polar surface area (TPSA) is 55.3 Å². The van der Waals surface area contributed by atoms with E-state index in [4.69, 9.17) is 4.74 Å². The number of carbonyl (C=O) groups is 1. The van der Waals surface area contributed by atoms with Crippen molar-refractivity contribution in [3.63, 3.8) is 0 Å². The van der Waals surface area contributed by atoms with E-state index in [0.717, 1.165) is 4.90 Å². The Kier molecular flexibility index (Phi) is 3.35. The number of aromatic nitrogens is 2. The minimum absolute atomic E-state index is 0.0891. The number of nitrogens with zero attached hydrogens (tertiary/aromatic N) is 3. The lowest BCUT2D eigenvalue weighted by Gasteiger charge is -2.30. The average Bonchev–Trinajstić information content (AvgIpc) is 3.06. The van der Waals surface area contributed by atoms with E-state index in [1.807, 2.05) is 0 Å². The van der Waals surface area contributed by atoms with Gasteiger partial charge in [0.2, 0.25) is 11.9 Å². The minimum Gasteiger partial charge on any atom is -0.373 e. The van der Waals surface area contributed by atoms with Crippen molar-refractivity contribution in [2.75, 3.05) is 11.9 Å². The van der Waals surface area contributed by atoms with Crippen molar-refractivity contribution in [2.24, 2.45) is 11.8 Å². The molecule has 2 bridgehead atoms. The molecule has 0 radical (unpaired) electrons. The number of halogens is 3. The number of alkyl halides is 3. The van der Waals surface area contributed by atoms with Gasteiger partial charge in [-0.2, -0.15) is 13.2 Å². The van der Waals surface area contributed by atoms with Crippen LogP contribution in [0.15, 0.2) is 18.5 Å². The first kappa shape index (κ1) is 14.2. The number of rotatable bonds is 2. The Morgan fingerprint density at radius 3 is 2.52 bits per heavy atom.